The topological polar surface area (TPSA) is 43.1 Å². The van der Waals surface area contributed by atoms with E-state index in [0.29, 0.717) is 10.6 Å². The molecule has 0 saturated carbocycles. The van der Waals surface area contributed by atoms with Gasteiger partial charge in [-0.05, 0) is 35.0 Å². The number of halogens is 2. The van der Waals surface area contributed by atoms with Crippen LogP contribution in [0.1, 0.15) is 17.3 Å². The van der Waals surface area contributed by atoms with Gasteiger partial charge in [0.05, 0.1) is 11.1 Å². The van der Waals surface area contributed by atoms with Crippen molar-refractivity contribution >= 4 is 33.3 Å². The third kappa shape index (κ3) is 2.53. The van der Waals surface area contributed by atoms with Crippen LogP contribution in [0.3, 0.4) is 0 Å². The van der Waals surface area contributed by atoms with E-state index in [-0.39, 0.29) is 5.78 Å². The molecule has 0 aromatic heterocycles. The molecule has 0 aliphatic heterocycles. The van der Waals surface area contributed by atoms with Gasteiger partial charge in [-0.25, -0.2) is 0 Å². The molecule has 0 amide bonds. The second kappa shape index (κ2) is 4.22. The quantitative estimate of drug-likeness (QED) is 0.833. The number of Topliss-reactive ketones (excluding diaryl/α,β-unsaturated/α-hetero) is 1. The monoisotopic (exact) mass is 261 g/mol. The summed E-state index contributed by atoms with van der Waals surface area (Å²) in [5, 5.41) is 0.520. The lowest BCUT2D eigenvalue weighted by molar-refractivity contribution is 0.0968. The second-order valence-corrected chi connectivity index (χ2v) is 4.04. The summed E-state index contributed by atoms with van der Waals surface area (Å²) in [4.78, 5) is 11.4. The molecule has 0 heterocycles. The molecule has 0 saturated heterocycles. The lowest BCUT2D eigenvalue weighted by Crippen LogP contribution is -2.26. The molecular weight excluding hydrogens is 253 g/mol. The zero-order chi connectivity index (χ0) is 10.0. The van der Waals surface area contributed by atoms with Crippen molar-refractivity contribution in [1.29, 1.82) is 0 Å². The van der Waals surface area contributed by atoms with Crippen molar-refractivity contribution < 1.29 is 4.79 Å². The van der Waals surface area contributed by atoms with Gasteiger partial charge in [0, 0.05) is 10.0 Å². The standard InChI is InChI=1S/C9H9BrClNO/c1-5(12)9(13)6-2-3-7(10)8(11)4-6/h2-5H,12H2,1H3. The highest BCUT2D eigenvalue weighted by Crippen LogP contribution is 2.23. The van der Waals surface area contributed by atoms with Gasteiger partial charge in [-0.2, -0.15) is 0 Å². The fourth-order valence-electron chi connectivity index (χ4n) is 0.912. The number of ketones is 1. The Balaban J connectivity index is 3.04. The van der Waals surface area contributed by atoms with E-state index in [0.717, 1.165) is 4.47 Å². The van der Waals surface area contributed by atoms with Crippen LogP contribution in [0.5, 0.6) is 0 Å². The molecule has 4 heteroatoms. The SMILES string of the molecule is CC(N)C(=O)c1ccc(Br)c(Cl)c1. The number of rotatable bonds is 2. The molecule has 1 aromatic carbocycles. The maximum Gasteiger partial charge on any atom is 0.179 e. The first kappa shape index (κ1) is 10.7. The van der Waals surface area contributed by atoms with Crippen LogP contribution < -0.4 is 5.73 Å². The maximum atomic E-state index is 11.4. The van der Waals surface area contributed by atoms with E-state index in [2.05, 4.69) is 15.9 Å². The average molecular weight is 263 g/mol. The third-order valence-electron chi connectivity index (χ3n) is 1.62. The smallest absolute Gasteiger partial charge is 0.179 e. The van der Waals surface area contributed by atoms with Crippen LogP contribution in [0, 0.1) is 0 Å². The molecule has 0 fully saturated rings. The molecule has 1 rings (SSSR count). The van der Waals surface area contributed by atoms with Crippen LogP contribution in [0.2, 0.25) is 5.02 Å². The van der Waals surface area contributed by atoms with E-state index in [1.165, 1.54) is 0 Å². The predicted octanol–water partition coefficient (Wildman–Crippen LogP) is 2.63. The summed E-state index contributed by atoms with van der Waals surface area (Å²) < 4.78 is 0.774. The largest absolute Gasteiger partial charge is 0.321 e. The normalized spacial score (nSPS) is 12.6. The van der Waals surface area contributed by atoms with Gasteiger partial charge in [0.2, 0.25) is 0 Å². The minimum Gasteiger partial charge on any atom is -0.321 e. The van der Waals surface area contributed by atoms with Crippen molar-refractivity contribution in [1.82, 2.24) is 0 Å². The minimum atomic E-state index is -0.489. The van der Waals surface area contributed by atoms with Crippen LogP contribution >= 0.6 is 27.5 Å². The van der Waals surface area contributed by atoms with E-state index in [1.807, 2.05) is 0 Å². The molecule has 0 spiro atoms. The van der Waals surface area contributed by atoms with E-state index in [1.54, 1.807) is 25.1 Å². The van der Waals surface area contributed by atoms with Gasteiger partial charge in [0.25, 0.3) is 0 Å². The van der Waals surface area contributed by atoms with E-state index < -0.39 is 6.04 Å². The first-order valence-electron chi connectivity index (χ1n) is 3.77. The molecule has 0 radical (unpaired) electrons. The Kier molecular flexibility index (Phi) is 3.47. The minimum absolute atomic E-state index is 0.102. The predicted molar refractivity (Wildman–Crippen MR) is 57.1 cm³/mol. The number of nitrogens with two attached hydrogens (primary N) is 1. The average Bonchev–Trinajstić information content (AvgIpc) is 2.08. The highest BCUT2D eigenvalue weighted by Gasteiger charge is 2.11. The van der Waals surface area contributed by atoms with Crippen LogP contribution in [0.25, 0.3) is 0 Å². The van der Waals surface area contributed by atoms with Crippen molar-refractivity contribution in [3.8, 4) is 0 Å². The van der Waals surface area contributed by atoms with E-state index in [4.69, 9.17) is 17.3 Å². The van der Waals surface area contributed by atoms with Crippen LogP contribution in [-0.4, -0.2) is 11.8 Å². The van der Waals surface area contributed by atoms with Gasteiger partial charge in [-0.15, -0.1) is 0 Å². The fourth-order valence-corrected chi connectivity index (χ4v) is 1.34. The molecule has 2 N–H and O–H groups in total. The molecular formula is C9H9BrClNO. The molecule has 0 bridgehead atoms. The van der Waals surface area contributed by atoms with Gasteiger partial charge >= 0.3 is 0 Å². The van der Waals surface area contributed by atoms with Crippen molar-refractivity contribution in [2.75, 3.05) is 0 Å². The molecule has 70 valence electrons. The number of benzene rings is 1. The summed E-state index contributed by atoms with van der Waals surface area (Å²) in [6.45, 7) is 1.65. The van der Waals surface area contributed by atoms with Crippen molar-refractivity contribution in [2.45, 2.75) is 13.0 Å². The highest BCUT2D eigenvalue weighted by atomic mass is 79.9. The van der Waals surface area contributed by atoms with Crippen LogP contribution in [0.4, 0.5) is 0 Å². The van der Waals surface area contributed by atoms with Gasteiger partial charge in [0.15, 0.2) is 5.78 Å². The number of carbonyl (C=O) groups is 1. The number of carbonyl (C=O) groups excluding carboxylic acids is 1. The highest BCUT2D eigenvalue weighted by molar-refractivity contribution is 9.10. The third-order valence-corrected chi connectivity index (χ3v) is 2.85. The first-order valence-corrected chi connectivity index (χ1v) is 4.94. The van der Waals surface area contributed by atoms with Gasteiger partial charge in [-0.1, -0.05) is 17.7 Å². The zero-order valence-corrected chi connectivity index (χ0v) is 9.39. The summed E-state index contributed by atoms with van der Waals surface area (Å²) in [5.74, 6) is -0.102. The van der Waals surface area contributed by atoms with Crippen LogP contribution in [0.15, 0.2) is 22.7 Å². The van der Waals surface area contributed by atoms with Gasteiger partial charge in [0.1, 0.15) is 0 Å². The maximum absolute atomic E-state index is 11.4. The lowest BCUT2D eigenvalue weighted by Gasteiger charge is -2.04. The number of hydrogen-bond acceptors (Lipinski definition) is 2. The van der Waals surface area contributed by atoms with E-state index >= 15 is 0 Å². The Morgan fingerprint density at radius 1 is 1.62 bits per heavy atom. The number of hydrogen-bond donors (Lipinski definition) is 1. The Labute approximate surface area is 90.2 Å². The zero-order valence-electron chi connectivity index (χ0n) is 7.05. The molecule has 0 aliphatic rings. The second-order valence-electron chi connectivity index (χ2n) is 2.78. The van der Waals surface area contributed by atoms with E-state index in [9.17, 15) is 4.79 Å². The Bertz CT molecular complexity index is 338. The Morgan fingerprint density at radius 2 is 2.23 bits per heavy atom. The summed E-state index contributed by atoms with van der Waals surface area (Å²) in [6.07, 6.45) is 0. The van der Waals surface area contributed by atoms with Gasteiger partial charge in [-0.3, -0.25) is 4.79 Å². The van der Waals surface area contributed by atoms with Crippen LogP contribution in [-0.2, 0) is 0 Å². The molecule has 1 unspecified atom stereocenters. The van der Waals surface area contributed by atoms with Crippen molar-refractivity contribution in [2.24, 2.45) is 5.73 Å². The first-order chi connectivity index (χ1) is 6.02. The molecule has 13 heavy (non-hydrogen) atoms. The Hall–Kier alpha value is -0.380. The van der Waals surface area contributed by atoms with Crippen molar-refractivity contribution in [3.63, 3.8) is 0 Å². The molecule has 1 atom stereocenters. The van der Waals surface area contributed by atoms with Gasteiger partial charge < -0.3 is 5.73 Å². The molecule has 0 aliphatic carbocycles. The Morgan fingerprint density at radius 3 is 2.69 bits per heavy atom. The summed E-state index contributed by atoms with van der Waals surface area (Å²) in [6, 6.07) is 4.55. The summed E-state index contributed by atoms with van der Waals surface area (Å²) in [7, 11) is 0. The lowest BCUT2D eigenvalue weighted by atomic mass is 10.1. The summed E-state index contributed by atoms with van der Waals surface area (Å²) >= 11 is 9.06. The summed E-state index contributed by atoms with van der Waals surface area (Å²) in [5.41, 5.74) is 6.00. The molecule has 2 nitrogen and oxygen atoms in total. The van der Waals surface area contributed by atoms with Crippen molar-refractivity contribution in [3.05, 3.63) is 33.3 Å². The fraction of sp³-hybridized carbons (Fsp3) is 0.222. The molecule has 1 aromatic rings.